The molecule has 1 N–H and O–H groups in total. The first-order valence-corrected chi connectivity index (χ1v) is 17.2. The number of methoxy groups -OCH3 is 2. The summed E-state index contributed by atoms with van der Waals surface area (Å²) in [5.41, 5.74) is 2.56. The molecule has 0 aromatic heterocycles. The Morgan fingerprint density at radius 2 is 1.52 bits per heavy atom. The topological polar surface area (TPSA) is 105 Å². The summed E-state index contributed by atoms with van der Waals surface area (Å²) >= 11 is 0. The van der Waals surface area contributed by atoms with Crippen LogP contribution in [0.15, 0.2) is 102 Å². The normalized spacial score (nSPS) is 11.8. The summed E-state index contributed by atoms with van der Waals surface area (Å²) in [5, 5.41) is 2.95. The lowest BCUT2D eigenvalue weighted by molar-refractivity contribution is -0.140. The molecule has 2 amide bonds. The number of nitrogens with one attached hydrogen (secondary N) is 1. The Morgan fingerprint density at radius 3 is 2.15 bits per heavy atom. The van der Waals surface area contributed by atoms with Gasteiger partial charge in [-0.2, -0.15) is 0 Å². The fourth-order valence-electron chi connectivity index (χ4n) is 5.19. The second-order valence-electron chi connectivity index (χ2n) is 11.4. The Hall–Kier alpha value is -4.90. The number of ether oxygens (including phenoxy) is 2. The van der Waals surface area contributed by atoms with Crippen LogP contribution < -0.4 is 19.1 Å². The molecule has 1 atom stereocenters. The number of unbranched alkanes of at least 4 members (excludes halogenated alkanes) is 1. The average molecular weight is 676 g/mol. The molecule has 4 rings (SSSR count). The summed E-state index contributed by atoms with van der Waals surface area (Å²) in [5.74, 6) is -0.875. The standard InChI is InChI=1S/C37H42FN3O6S/c1-5-6-22-39-37(43)33(23-28-10-8-7-9-11-28)40(25-29-14-16-30(38)17-15-29)36(42)26-41(31-18-12-27(2)13-19-31)48(44,45)32-20-21-34(46-3)35(24-32)47-4/h7-21,24,33H,5-6,22-23,25-26H2,1-4H3,(H,39,43)/t33-/m1/s1. The van der Waals surface area contributed by atoms with Crippen molar-refractivity contribution in [1.29, 1.82) is 0 Å². The highest BCUT2D eigenvalue weighted by atomic mass is 32.2. The molecule has 0 aliphatic rings. The molecule has 4 aromatic rings. The van der Waals surface area contributed by atoms with Gasteiger partial charge < -0.3 is 19.7 Å². The number of carbonyl (C=O) groups excluding carboxylic acids is 2. The van der Waals surface area contributed by atoms with Gasteiger partial charge in [-0.3, -0.25) is 13.9 Å². The molecule has 9 nitrogen and oxygen atoms in total. The number of hydrogen-bond acceptors (Lipinski definition) is 6. The molecule has 0 fully saturated rings. The third kappa shape index (κ3) is 9.13. The molecule has 0 bridgehead atoms. The number of rotatable bonds is 16. The van der Waals surface area contributed by atoms with E-state index in [1.807, 2.05) is 44.2 Å². The fourth-order valence-corrected chi connectivity index (χ4v) is 6.62. The van der Waals surface area contributed by atoms with Gasteiger partial charge in [0.2, 0.25) is 11.8 Å². The fraction of sp³-hybridized carbons (Fsp3) is 0.297. The van der Waals surface area contributed by atoms with E-state index < -0.39 is 34.3 Å². The smallest absolute Gasteiger partial charge is 0.264 e. The monoisotopic (exact) mass is 675 g/mol. The lowest BCUT2D eigenvalue weighted by Gasteiger charge is -2.34. The summed E-state index contributed by atoms with van der Waals surface area (Å²) in [7, 11) is -1.50. The van der Waals surface area contributed by atoms with Crippen molar-refractivity contribution in [2.45, 2.75) is 50.6 Å². The van der Waals surface area contributed by atoms with Crippen LogP contribution >= 0.6 is 0 Å². The van der Waals surface area contributed by atoms with Crippen molar-refractivity contribution in [1.82, 2.24) is 10.2 Å². The van der Waals surface area contributed by atoms with Gasteiger partial charge in [0.1, 0.15) is 18.4 Å². The van der Waals surface area contributed by atoms with Crippen LogP contribution in [0.25, 0.3) is 0 Å². The third-order valence-electron chi connectivity index (χ3n) is 7.91. The Morgan fingerprint density at radius 1 is 0.854 bits per heavy atom. The van der Waals surface area contributed by atoms with E-state index in [4.69, 9.17) is 9.47 Å². The number of benzene rings is 4. The highest BCUT2D eigenvalue weighted by Crippen LogP contribution is 2.32. The van der Waals surface area contributed by atoms with Gasteiger partial charge in [0.15, 0.2) is 11.5 Å². The number of sulfonamides is 1. The van der Waals surface area contributed by atoms with Crippen LogP contribution in [0.5, 0.6) is 11.5 Å². The lowest BCUT2D eigenvalue weighted by Crippen LogP contribution is -2.53. The average Bonchev–Trinajstić information content (AvgIpc) is 3.10. The van der Waals surface area contributed by atoms with Gasteiger partial charge in [-0.05, 0) is 60.9 Å². The zero-order valence-electron chi connectivity index (χ0n) is 27.7. The molecule has 4 aromatic carbocycles. The van der Waals surface area contributed by atoms with Crippen LogP contribution in [0.1, 0.15) is 36.5 Å². The first-order chi connectivity index (χ1) is 23.1. The minimum Gasteiger partial charge on any atom is -0.493 e. The Kier molecular flexibility index (Phi) is 12.6. The van der Waals surface area contributed by atoms with Crippen molar-refractivity contribution in [2.24, 2.45) is 0 Å². The van der Waals surface area contributed by atoms with Crippen molar-refractivity contribution < 1.29 is 31.9 Å². The third-order valence-corrected chi connectivity index (χ3v) is 9.68. The molecule has 0 radical (unpaired) electrons. The van der Waals surface area contributed by atoms with Crippen molar-refractivity contribution >= 4 is 27.5 Å². The van der Waals surface area contributed by atoms with Crippen molar-refractivity contribution in [2.75, 3.05) is 31.6 Å². The maximum atomic E-state index is 14.6. The van der Waals surface area contributed by atoms with Crippen LogP contribution in [0.4, 0.5) is 10.1 Å². The van der Waals surface area contributed by atoms with E-state index >= 15 is 0 Å². The Bertz CT molecular complexity index is 1770. The van der Waals surface area contributed by atoms with E-state index in [2.05, 4.69) is 5.32 Å². The molecular weight excluding hydrogens is 633 g/mol. The summed E-state index contributed by atoms with van der Waals surface area (Å²) in [6.07, 6.45) is 1.79. The van der Waals surface area contributed by atoms with Crippen molar-refractivity contribution in [3.05, 3.63) is 120 Å². The molecule has 0 saturated heterocycles. The number of aryl methyl sites for hydroxylation is 1. The SMILES string of the molecule is CCCCNC(=O)[C@@H](Cc1ccccc1)N(Cc1ccc(F)cc1)C(=O)CN(c1ccc(C)cc1)S(=O)(=O)c1ccc(OC)c(OC)c1. The first kappa shape index (κ1) is 35.9. The minimum absolute atomic E-state index is 0.0596. The van der Waals surface area contributed by atoms with E-state index in [-0.39, 0.29) is 35.2 Å². The quantitative estimate of drug-likeness (QED) is 0.148. The molecule has 0 heterocycles. The van der Waals surface area contributed by atoms with Gasteiger partial charge in [-0.1, -0.05) is 73.5 Å². The molecule has 48 heavy (non-hydrogen) atoms. The van der Waals surface area contributed by atoms with E-state index in [0.29, 0.717) is 17.9 Å². The highest BCUT2D eigenvalue weighted by molar-refractivity contribution is 7.92. The van der Waals surface area contributed by atoms with Crippen LogP contribution in [0.3, 0.4) is 0 Å². The predicted molar refractivity (Wildman–Crippen MR) is 184 cm³/mol. The number of hydrogen-bond donors (Lipinski definition) is 1. The molecule has 0 spiro atoms. The molecular formula is C37H42FN3O6S. The Balaban J connectivity index is 1.80. The van der Waals surface area contributed by atoms with Gasteiger partial charge in [0.25, 0.3) is 10.0 Å². The van der Waals surface area contributed by atoms with Crippen LogP contribution in [0, 0.1) is 12.7 Å². The van der Waals surface area contributed by atoms with E-state index in [0.717, 1.165) is 28.3 Å². The van der Waals surface area contributed by atoms with Crippen molar-refractivity contribution in [3.8, 4) is 11.5 Å². The largest absolute Gasteiger partial charge is 0.493 e. The molecule has 0 aliphatic carbocycles. The summed E-state index contributed by atoms with van der Waals surface area (Å²) in [4.78, 5) is 29.7. The number of halogens is 1. The number of carbonyl (C=O) groups is 2. The maximum Gasteiger partial charge on any atom is 0.264 e. The van der Waals surface area contributed by atoms with Crippen LogP contribution in [-0.4, -0.2) is 58.5 Å². The second kappa shape index (κ2) is 16.8. The molecule has 0 saturated carbocycles. The highest BCUT2D eigenvalue weighted by Gasteiger charge is 2.35. The Labute approximate surface area is 282 Å². The minimum atomic E-state index is -4.35. The molecule has 11 heteroatoms. The summed E-state index contributed by atoms with van der Waals surface area (Å²) in [6.45, 7) is 3.63. The van der Waals surface area contributed by atoms with Crippen LogP contribution in [0.2, 0.25) is 0 Å². The molecule has 0 aliphatic heterocycles. The zero-order chi connectivity index (χ0) is 34.7. The van der Waals surface area contributed by atoms with Gasteiger partial charge >= 0.3 is 0 Å². The van der Waals surface area contributed by atoms with Crippen LogP contribution in [-0.2, 0) is 32.6 Å². The predicted octanol–water partition coefficient (Wildman–Crippen LogP) is 5.90. The zero-order valence-corrected chi connectivity index (χ0v) is 28.5. The molecule has 254 valence electrons. The summed E-state index contributed by atoms with van der Waals surface area (Å²) < 4.78 is 54.3. The summed E-state index contributed by atoms with van der Waals surface area (Å²) in [6, 6.07) is 24.9. The van der Waals surface area contributed by atoms with Gasteiger partial charge in [-0.25, -0.2) is 12.8 Å². The van der Waals surface area contributed by atoms with E-state index in [9.17, 15) is 22.4 Å². The number of anilines is 1. The first-order valence-electron chi connectivity index (χ1n) is 15.7. The lowest BCUT2D eigenvalue weighted by atomic mass is 10.0. The van der Waals surface area contributed by atoms with E-state index in [1.165, 1.54) is 49.5 Å². The van der Waals surface area contributed by atoms with Gasteiger partial charge in [0.05, 0.1) is 24.8 Å². The second-order valence-corrected chi connectivity index (χ2v) is 13.2. The van der Waals surface area contributed by atoms with E-state index in [1.54, 1.807) is 36.4 Å². The molecule has 0 unspecified atom stereocenters. The number of nitrogens with zero attached hydrogens (tertiary/aromatic N) is 2. The maximum absolute atomic E-state index is 14.6. The van der Waals surface area contributed by atoms with Gasteiger partial charge in [-0.15, -0.1) is 0 Å². The number of amides is 2. The van der Waals surface area contributed by atoms with Gasteiger partial charge in [0, 0.05) is 25.6 Å². The van der Waals surface area contributed by atoms with Crippen molar-refractivity contribution in [3.63, 3.8) is 0 Å².